The first-order valence-electron chi connectivity index (χ1n) is 13.2. The summed E-state index contributed by atoms with van der Waals surface area (Å²) in [6, 6.07) is 11.9. The lowest BCUT2D eigenvalue weighted by Gasteiger charge is -2.34. The molecule has 1 aliphatic carbocycles. The van der Waals surface area contributed by atoms with Crippen LogP contribution >= 0.6 is 0 Å². The normalized spacial score (nSPS) is 18.6. The Morgan fingerprint density at radius 1 is 1.10 bits per heavy atom. The van der Waals surface area contributed by atoms with Gasteiger partial charge in [0.1, 0.15) is 18.5 Å². The maximum absolute atomic E-state index is 12.7. The number of alkyl carbamates (subject to hydrolysis) is 1. The molecule has 0 radical (unpaired) electrons. The fourth-order valence-electron chi connectivity index (χ4n) is 4.88. The van der Waals surface area contributed by atoms with Crippen LogP contribution in [-0.4, -0.2) is 59.9 Å². The largest absolute Gasteiger partial charge is 0.465 e. The van der Waals surface area contributed by atoms with Gasteiger partial charge in [0.25, 0.3) is 0 Å². The summed E-state index contributed by atoms with van der Waals surface area (Å²) < 4.78 is 10.2. The minimum absolute atomic E-state index is 0.0471. The number of nitrogens with zero attached hydrogens (tertiary/aromatic N) is 2. The number of amides is 3. The zero-order chi connectivity index (χ0) is 27.8. The number of ether oxygens (including phenoxy) is 2. The summed E-state index contributed by atoms with van der Waals surface area (Å²) in [5.41, 5.74) is 2.55. The van der Waals surface area contributed by atoms with Gasteiger partial charge in [-0.1, -0.05) is 36.4 Å². The van der Waals surface area contributed by atoms with Crippen molar-refractivity contribution in [1.29, 1.82) is 0 Å². The number of pyridine rings is 1. The first-order valence-corrected chi connectivity index (χ1v) is 13.2. The van der Waals surface area contributed by atoms with Crippen molar-refractivity contribution >= 4 is 29.9 Å². The molecule has 1 unspecified atom stereocenters. The SMILES string of the molecule is CCOC(=O)C(CNC(=O)[C@H]1C[C@@H](Cc2ccc3c(n2)N(C(=O)O)CCC3)C1)NC(=O)OCc1ccccc1. The number of carbonyl (C=O) groups excluding carboxylic acids is 3. The maximum Gasteiger partial charge on any atom is 0.413 e. The fourth-order valence-corrected chi connectivity index (χ4v) is 4.88. The van der Waals surface area contributed by atoms with Crippen LogP contribution in [0.2, 0.25) is 0 Å². The van der Waals surface area contributed by atoms with Crippen LogP contribution in [0.15, 0.2) is 42.5 Å². The van der Waals surface area contributed by atoms with Gasteiger partial charge in [-0.2, -0.15) is 0 Å². The van der Waals surface area contributed by atoms with E-state index in [9.17, 15) is 24.3 Å². The lowest BCUT2D eigenvalue weighted by Crippen LogP contribution is -2.51. The van der Waals surface area contributed by atoms with E-state index in [0.717, 1.165) is 29.7 Å². The topological polar surface area (TPSA) is 147 Å². The molecule has 11 nitrogen and oxygen atoms in total. The molecule has 1 aromatic carbocycles. The zero-order valence-electron chi connectivity index (χ0n) is 21.9. The number of aryl methyl sites for hydroxylation is 1. The number of hydrogen-bond acceptors (Lipinski definition) is 7. The van der Waals surface area contributed by atoms with Gasteiger partial charge in [0.15, 0.2) is 0 Å². The van der Waals surface area contributed by atoms with Crippen molar-refractivity contribution in [3.8, 4) is 0 Å². The summed E-state index contributed by atoms with van der Waals surface area (Å²) in [4.78, 5) is 54.8. The van der Waals surface area contributed by atoms with Crippen LogP contribution < -0.4 is 15.5 Å². The predicted molar refractivity (Wildman–Crippen MR) is 141 cm³/mol. The first kappa shape index (κ1) is 27.9. The van der Waals surface area contributed by atoms with E-state index < -0.39 is 24.2 Å². The number of aromatic nitrogens is 1. The Kier molecular flexibility index (Phi) is 9.35. The van der Waals surface area contributed by atoms with Gasteiger partial charge >= 0.3 is 18.2 Å². The van der Waals surface area contributed by atoms with Crippen molar-refractivity contribution in [3.63, 3.8) is 0 Å². The Hall–Kier alpha value is -4.15. The number of fused-ring (bicyclic) bond motifs is 1. The molecule has 39 heavy (non-hydrogen) atoms. The monoisotopic (exact) mass is 538 g/mol. The number of rotatable bonds is 10. The van der Waals surface area contributed by atoms with Gasteiger partial charge in [-0.3, -0.25) is 9.69 Å². The second kappa shape index (κ2) is 13.1. The highest BCUT2D eigenvalue weighted by Crippen LogP contribution is 2.36. The Labute approximate surface area is 226 Å². The van der Waals surface area contributed by atoms with E-state index >= 15 is 0 Å². The molecule has 4 rings (SSSR count). The minimum atomic E-state index is -1.08. The van der Waals surface area contributed by atoms with Crippen molar-refractivity contribution in [2.24, 2.45) is 11.8 Å². The van der Waals surface area contributed by atoms with Gasteiger partial charge in [0.2, 0.25) is 5.91 Å². The molecule has 1 aromatic heterocycles. The van der Waals surface area contributed by atoms with Gasteiger partial charge < -0.3 is 25.2 Å². The van der Waals surface area contributed by atoms with Gasteiger partial charge in [-0.05, 0) is 62.1 Å². The molecule has 1 saturated carbocycles. The van der Waals surface area contributed by atoms with E-state index in [1.165, 1.54) is 4.90 Å². The zero-order valence-corrected chi connectivity index (χ0v) is 21.9. The van der Waals surface area contributed by atoms with E-state index in [1.54, 1.807) is 6.92 Å². The highest BCUT2D eigenvalue weighted by Gasteiger charge is 2.36. The van der Waals surface area contributed by atoms with Crippen LogP contribution in [0, 0.1) is 11.8 Å². The highest BCUT2D eigenvalue weighted by atomic mass is 16.6. The Bertz CT molecular complexity index is 1180. The van der Waals surface area contributed by atoms with E-state index in [2.05, 4.69) is 15.6 Å². The van der Waals surface area contributed by atoms with E-state index in [4.69, 9.17) is 9.47 Å². The summed E-state index contributed by atoms with van der Waals surface area (Å²) in [7, 11) is 0. The third-order valence-corrected chi connectivity index (χ3v) is 6.99. The average molecular weight is 539 g/mol. The van der Waals surface area contributed by atoms with Gasteiger partial charge in [-0.15, -0.1) is 0 Å². The maximum atomic E-state index is 12.7. The van der Waals surface area contributed by atoms with Crippen molar-refractivity contribution in [1.82, 2.24) is 15.6 Å². The molecule has 2 aromatic rings. The van der Waals surface area contributed by atoms with Crippen LogP contribution in [0.5, 0.6) is 0 Å². The van der Waals surface area contributed by atoms with Crippen LogP contribution in [0.25, 0.3) is 0 Å². The van der Waals surface area contributed by atoms with Crippen molar-refractivity contribution in [2.75, 3.05) is 24.6 Å². The second-order valence-corrected chi connectivity index (χ2v) is 9.82. The van der Waals surface area contributed by atoms with Gasteiger partial charge in [0, 0.05) is 24.7 Å². The number of benzene rings is 1. The number of carbonyl (C=O) groups is 4. The van der Waals surface area contributed by atoms with Crippen LogP contribution in [-0.2, 0) is 38.5 Å². The fraction of sp³-hybridized carbons (Fsp3) is 0.464. The highest BCUT2D eigenvalue weighted by molar-refractivity contribution is 5.86. The summed E-state index contributed by atoms with van der Waals surface area (Å²) in [5, 5.41) is 14.7. The molecular formula is C28H34N4O7. The average Bonchev–Trinajstić information content (AvgIpc) is 2.91. The number of esters is 1. The molecule has 0 saturated heterocycles. The number of nitrogens with one attached hydrogen (secondary N) is 2. The number of hydrogen-bond donors (Lipinski definition) is 3. The minimum Gasteiger partial charge on any atom is -0.465 e. The summed E-state index contributed by atoms with van der Waals surface area (Å²) in [5.74, 6) is -0.305. The van der Waals surface area contributed by atoms with E-state index in [0.29, 0.717) is 31.6 Å². The number of carboxylic acid groups (broad SMARTS) is 1. The molecule has 2 heterocycles. The molecule has 1 atom stereocenters. The molecule has 208 valence electrons. The molecule has 2 aliphatic rings. The lowest BCUT2D eigenvalue weighted by atomic mass is 9.72. The van der Waals surface area contributed by atoms with Crippen LogP contribution in [0.3, 0.4) is 0 Å². The molecule has 0 spiro atoms. The Balaban J connectivity index is 1.24. The smallest absolute Gasteiger partial charge is 0.413 e. The first-order chi connectivity index (χ1) is 18.8. The summed E-state index contributed by atoms with van der Waals surface area (Å²) in [6.07, 6.45) is 1.78. The molecule has 0 bridgehead atoms. The Morgan fingerprint density at radius 3 is 2.59 bits per heavy atom. The van der Waals surface area contributed by atoms with Crippen LogP contribution in [0.1, 0.15) is 43.0 Å². The number of anilines is 1. The second-order valence-electron chi connectivity index (χ2n) is 9.82. The molecule has 11 heteroatoms. The predicted octanol–water partition coefficient (Wildman–Crippen LogP) is 3.06. The Morgan fingerprint density at radius 2 is 1.87 bits per heavy atom. The molecular weight excluding hydrogens is 504 g/mol. The molecule has 3 amide bonds. The standard InChI is InChI=1S/C28H34N4O7/c1-2-38-26(34)23(31-27(35)39-17-18-7-4-3-5-8-18)16-29-25(33)21-13-19(14-21)15-22-11-10-20-9-6-12-32(28(36)37)24(20)30-22/h3-5,7-8,10-11,19,21,23H,2,6,9,12-17H2,1H3,(H,29,33)(H,31,35)(H,36,37)/t19-,21+,23?. The lowest BCUT2D eigenvalue weighted by molar-refractivity contribution is -0.145. The van der Waals surface area contributed by atoms with Crippen molar-refractivity contribution in [3.05, 3.63) is 59.3 Å². The third-order valence-electron chi connectivity index (χ3n) is 6.99. The molecule has 3 N–H and O–H groups in total. The summed E-state index contributed by atoms with van der Waals surface area (Å²) >= 11 is 0. The van der Waals surface area contributed by atoms with E-state index in [-0.39, 0.29) is 37.5 Å². The van der Waals surface area contributed by atoms with Gasteiger partial charge in [-0.25, -0.2) is 19.4 Å². The third kappa shape index (κ3) is 7.46. The summed E-state index contributed by atoms with van der Waals surface area (Å²) in [6.45, 7) is 2.17. The van der Waals surface area contributed by atoms with Crippen molar-refractivity contribution in [2.45, 2.75) is 51.7 Å². The quantitative estimate of drug-likeness (QED) is 0.391. The van der Waals surface area contributed by atoms with Gasteiger partial charge in [0.05, 0.1) is 6.61 Å². The molecule has 1 fully saturated rings. The van der Waals surface area contributed by atoms with Crippen LogP contribution in [0.4, 0.5) is 15.4 Å². The van der Waals surface area contributed by atoms with E-state index in [1.807, 2.05) is 42.5 Å². The van der Waals surface area contributed by atoms with Crippen molar-refractivity contribution < 1.29 is 33.8 Å². The molecule has 1 aliphatic heterocycles.